The van der Waals surface area contributed by atoms with Crippen molar-refractivity contribution >= 4 is 27.5 Å². The number of aromatic nitrogens is 2. The zero-order chi connectivity index (χ0) is 21.3. The van der Waals surface area contributed by atoms with Crippen molar-refractivity contribution in [1.82, 2.24) is 9.55 Å². The second kappa shape index (κ2) is 8.20. The lowest BCUT2D eigenvalue weighted by Gasteiger charge is -2.13. The van der Waals surface area contributed by atoms with Crippen LogP contribution in [-0.2, 0) is 11.3 Å². The van der Waals surface area contributed by atoms with E-state index in [1.54, 1.807) is 16.7 Å². The minimum atomic E-state index is -0.906. The molecule has 5 nitrogen and oxygen atoms in total. The number of thiophene rings is 1. The third kappa shape index (κ3) is 3.89. The number of carbonyl (C=O) groups is 1. The van der Waals surface area contributed by atoms with Gasteiger partial charge in [0, 0.05) is 29.5 Å². The Kier molecular flexibility index (Phi) is 5.46. The van der Waals surface area contributed by atoms with Gasteiger partial charge >= 0.3 is 5.97 Å². The number of carboxylic acid groups (broad SMARTS) is 1. The molecular formula is C23H19FN2O3S. The standard InChI is InChI=1S/C23H19FN2O3S/c1-14-4-6-16(7-5-14)21-25-22-20(23(29)26(21)12-2-3-19(27)28)18(13-30-22)15-8-10-17(24)11-9-15/h4-11,13H,2-3,12H2,1H3,(H,27,28). The molecule has 30 heavy (non-hydrogen) atoms. The highest BCUT2D eigenvalue weighted by Crippen LogP contribution is 2.32. The van der Waals surface area contributed by atoms with E-state index in [0.717, 1.165) is 16.7 Å². The van der Waals surface area contributed by atoms with Crippen molar-refractivity contribution in [3.05, 3.63) is 75.6 Å². The summed E-state index contributed by atoms with van der Waals surface area (Å²) in [5.74, 6) is -0.731. The van der Waals surface area contributed by atoms with E-state index >= 15 is 0 Å². The van der Waals surface area contributed by atoms with Crippen molar-refractivity contribution < 1.29 is 14.3 Å². The summed E-state index contributed by atoms with van der Waals surface area (Å²) >= 11 is 1.36. The van der Waals surface area contributed by atoms with E-state index in [-0.39, 0.29) is 24.3 Å². The largest absolute Gasteiger partial charge is 0.481 e. The molecule has 0 fully saturated rings. The van der Waals surface area contributed by atoms with Crippen LogP contribution in [0.2, 0.25) is 0 Å². The van der Waals surface area contributed by atoms with Gasteiger partial charge in [0.1, 0.15) is 16.5 Å². The zero-order valence-electron chi connectivity index (χ0n) is 16.3. The van der Waals surface area contributed by atoms with Crippen molar-refractivity contribution in [3.63, 3.8) is 0 Å². The summed E-state index contributed by atoms with van der Waals surface area (Å²) in [7, 11) is 0. The lowest BCUT2D eigenvalue weighted by atomic mass is 10.1. The first-order valence-corrected chi connectivity index (χ1v) is 10.4. The molecule has 1 N–H and O–H groups in total. The lowest BCUT2D eigenvalue weighted by molar-refractivity contribution is -0.137. The Labute approximate surface area is 176 Å². The van der Waals surface area contributed by atoms with Gasteiger partial charge in [0.05, 0.1) is 5.39 Å². The molecule has 0 saturated heterocycles. The van der Waals surface area contributed by atoms with Gasteiger partial charge in [0.15, 0.2) is 0 Å². The van der Waals surface area contributed by atoms with E-state index < -0.39 is 5.97 Å². The summed E-state index contributed by atoms with van der Waals surface area (Å²) in [5, 5.41) is 11.3. The number of hydrogen-bond acceptors (Lipinski definition) is 4. The topological polar surface area (TPSA) is 72.2 Å². The molecule has 0 radical (unpaired) electrons. The van der Waals surface area contributed by atoms with Crippen LogP contribution in [0.3, 0.4) is 0 Å². The van der Waals surface area contributed by atoms with E-state index in [4.69, 9.17) is 10.1 Å². The Bertz CT molecular complexity index is 1280. The molecule has 152 valence electrons. The summed E-state index contributed by atoms with van der Waals surface area (Å²) < 4.78 is 14.9. The fourth-order valence-corrected chi connectivity index (χ4v) is 4.32. The van der Waals surface area contributed by atoms with Crippen LogP contribution in [-0.4, -0.2) is 20.6 Å². The number of hydrogen-bond donors (Lipinski definition) is 1. The Morgan fingerprint density at radius 3 is 2.43 bits per heavy atom. The SMILES string of the molecule is Cc1ccc(-c2nc3scc(-c4ccc(F)cc4)c3c(=O)n2CCCC(=O)O)cc1. The van der Waals surface area contributed by atoms with Gasteiger partial charge in [-0.05, 0) is 31.0 Å². The third-order valence-corrected chi connectivity index (χ3v) is 5.80. The summed E-state index contributed by atoms with van der Waals surface area (Å²) in [6.07, 6.45) is 0.281. The van der Waals surface area contributed by atoms with E-state index in [9.17, 15) is 14.0 Å². The molecule has 2 heterocycles. The second-order valence-corrected chi connectivity index (χ2v) is 7.95. The maximum Gasteiger partial charge on any atom is 0.303 e. The molecule has 0 amide bonds. The van der Waals surface area contributed by atoms with Crippen LogP contribution in [0, 0.1) is 12.7 Å². The fraction of sp³-hybridized carbons (Fsp3) is 0.174. The van der Waals surface area contributed by atoms with Gasteiger partial charge in [-0.1, -0.05) is 42.0 Å². The molecule has 0 bridgehead atoms. The second-order valence-electron chi connectivity index (χ2n) is 7.09. The monoisotopic (exact) mass is 422 g/mol. The van der Waals surface area contributed by atoms with Crippen LogP contribution < -0.4 is 5.56 Å². The van der Waals surface area contributed by atoms with Gasteiger partial charge < -0.3 is 5.11 Å². The molecule has 0 atom stereocenters. The first kappa shape index (κ1) is 20.0. The molecular weight excluding hydrogens is 403 g/mol. The normalized spacial score (nSPS) is 11.1. The molecule has 0 saturated carbocycles. The number of carboxylic acids is 1. The average molecular weight is 422 g/mol. The van der Waals surface area contributed by atoms with Crippen LogP contribution >= 0.6 is 11.3 Å². The van der Waals surface area contributed by atoms with Crippen LogP contribution in [0.4, 0.5) is 4.39 Å². The number of halogens is 1. The quantitative estimate of drug-likeness (QED) is 0.469. The number of aliphatic carboxylic acids is 1. The molecule has 0 aliphatic heterocycles. The number of aryl methyl sites for hydroxylation is 1. The molecule has 7 heteroatoms. The molecule has 0 unspecified atom stereocenters. The molecule has 0 aliphatic rings. The number of rotatable bonds is 6. The smallest absolute Gasteiger partial charge is 0.303 e. The van der Waals surface area contributed by atoms with Crippen molar-refractivity contribution in [2.75, 3.05) is 0 Å². The van der Waals surface area contributed by atoms with Crippen LogP contribution in [0.15, 0.2) is 58.7 Å². The maximum atomic E-state index is 13.5. The predicted molar refractivity (Wildman–Crippen MR) is 116 cm³/mol. The maximum absolute atomic E-state index is 13.5. The summed E-state index contributed by atoms with van der Waals surface area (Å²) in [6.45, 7) is 2.23. The van der Waals surface area contributed by atoms with Crippen LogP contribution in [0.5, 0.6) is 0 Å². The van der Waals surface area contributed by atoms with Crippen molar-refractivity contribution in [2.45, 2.75) is 26.3 Å². The summed E-state index contributed by atoms with van der Waals surface area (Å²) in [5.41, 5.74) is 3.11. The zero-order valence-corrected chi connectivity index (χ0v) is 17.1. The minimum Gasteiger partial charge on any atom is -0.481 e. The molecule has 2 aromatic heterocycles. The lowest BCUT2D eigenvalue weighted by Crippen LogP contribution is -2.24. The number of benzene rings is 2. The summed E-state index contributed by atoms with van der Waals surface area (Å²) in [6, 6.07) is 13.7. The van der Waals surface area contributed by atoms with Crippen molar-refractivity contribution in [1.29, 1.82) is 0 Å². The van der Waals surface area contributed by atoms with E-state index in [1.165, 1.54) is 23.5 Å². The highest BCUT2D eigenvalue weighted by Gasteiger charge is 2.18. The molecule has 0 spiro atoms. The van der Waals surface area contributed by atoms with E-state index in [2.05, 4.69) is 0 Å². The third-order valence-electron chi connectivity index (χ3n) is 4.93. The van der Waals surface area contributed by atoms with Gasteiger partial charge in [0.25, 0.3) is 5.56 Å². The first-order valence-electron chi connectivity index (χ1n) is 9.51. The Hall–Kier alpha value is -3.32. The van der Waals surface area contributed by atoms with Crippen LogP contribution in [0.1, 0.15) is 18.4 Å². The van der Waals surface area contributed by atoms with Gasteiger partial charge in [-0.15, -0.1) is 11.3 Å². The predicted octanol–water partition coefficient (Wildman–Crippen LogP) is 5.10. The van der Waals surface area contributed by atoms with Crippen LogP contribution in [0.25, 0.3) is 32.7 Å². The van der Waals surface area contributed by atoms with Gasteiger partial charge in [-0.3, -0.25) is 14.2 Å². The Morgan fingerprint density at radius 1 is 1.10 bits per heavy atom. The first-order chi connectivity index (χ1) is 14.4. The van der Waals surface area contributed by atoms with Gasteiger partial charge in [0.2, 0.25) is 0 Å². The molecule has 2 aromatic carbocycles. The van der Waals surface area contributed by atoms with E-state index in [1.807, 2.05) is 36.6 Å². The Morgan fingerprint density at radius 2 is 1.77 bits per heavy atom. The van der Waals surface area contributed by atoms with Crippen molar-refractivity contribution in [2.24, 2.45) is 0 Å². The van der Waals surface area contributed by atoms with Gasteiger partial charge in [-0.25, -0.2) is 9.37 Å². The van der Waals surface area contributed by atoms with Crippen molar-refractivity contribution in [3.8, 4) is 22.5 Å². The summed E-state index contributed by atoms with van der Waals surface area (Å²) in [4.78, 5) is 29.8. The average Bonchev–Trinajstić information content (AvgIpc) is 3.15. The van der Waals surface area contributed by atoms with E-state index in [0.29, 0.717) is 28.0 Å². The van der Waals surface area contributed by atoms with Gasteiger partial charge in [-0.2, -0.15) is 0 Å². The highest BCUT2D eigenvalue weighted by atomic mass is 32.1. The number of fused-ring (bicyclic) bond motifs is 1. The highest BCUT2D eigenvalue weighted by molar-refractivity contribution is 7.17. The Balaban J connectivity index is 1.90. The number of nitrogens with zero attached hydrogens (tertiary/aromatic N) is 2. The molecule has 4 rings (SSSR count). The molecule has 4 aromatic rings. The molecule has 0 aliphatic carbocycles. The fourth-order valence-electron chi connectivity index (χ4n) is 3.39. The minimum absolute atomic E-state index is 0.0354.